The minimum Gasteiger partial charge on any atom is -0.405 e. The van der Waals surface area contributed by atoms with Crippen molar-refractivity contribution in [3.63, 3.8) is 0 Å². The van der Waals surface area contributed by atoms with Crippen molar-refractivity contribution in [2.45, 2.75) is 6.36 Å². The minimum absolute atomic E-state index is 0.220. The number of hydrogen-bond acceptors (Lipinski definition) is 4. The van der Waals surface area contributed by atoms with Gasteiger partial charge in [-0.2, -0.15) is 5.10 Å². The second-order valence-corrected chi connectivity index (χ2v) is 4.22. The van der Waals surface area contributed by atoms with Gasteiger partial charge in [-0.15, -0.1) is 13.2 Å². The molecule has 0 bridgehead atoms. The average Bonchev–Trinajstić information content (AvgIpc) is 2.79. The molecule has 5 nitrogen and oxygen atoms in total. The standard InChI is InChI=1S/C13H9F3N4O/c14-13(15,16)21-11-4-2-1-3-8(11)10-5-6-20-12(19-10)9(17)7-18-20/h1-7H,17H2. The maximum Gasteiger partial charge on any atom is 0.573 e. The number of alkyl halides is 3. The first kappa shape index (κ1) is 13.2. The Labute approximate surface area is 116 Å². The maximum absolute atomic E-state index is 12.4. The van der Waals surface area contributed by atoms with Crippen LogP contribution in [0, 0.1) is 0 Å². The Hall–Kier alpha value is -2.77. The fourth-order valence-electron chi connectivity index (χ4n) is 1.93. The molecule has 0 amide bonds. The molecule has 2 heterocycles. The fraction of sp³-hybridized carbons (Fsp3) is 0.0769. The van der Waals surface area contributed by atoms with Crippen LogP contribution in [0.1, 0.15) is 0 Å². The number of ether oxygens (including phenoxy) is 1. The molecule has 1 aromatic carbocycles. The zero-order chi connectivity index (χ0) is 15.0. The lowest BCUT2D eigenvalue weighted by Gasteiger charge is -2.12. The number of nitrogens with two attached hydrogens (primary N) is 1. The quantitative estimate of drug-likeness (QED) is 0.789. The normalized spacial score (nSPS) is 11.8. The van der Waals surface area contributed by atoms with Crippen molar-refractivity contribution >= 4 is 11.3 Å². The maximum atomic E-state index is 12.4. The molecule has 3 aromatic rings. The highest BCUT2D eigenvalue weighted by molar-refractivity contribution is 5.72. The lowest BCUT2D eigenvalue weighted by molar-refractivity contribution is -0.274. The summed E-state index contributed by atoms with van der Waals surface area (Å²) in [4.78, 5) is 4.22. The molecule has 0 spiro atoms. The Morgan fingerprint density at radius 2 is 1.90 bits per heavy atom. The number of para-hydroxylation sites is 1. The van der Waals surface area contributed by atoms with E-state index in [9.17, 15) is 13.2 Å². The molecule has 108 valence electrons. The van der Waals surface area contributed by atoms with E-state index in [0.717, 1.165) is 0 Å². The van der Waals surface area contributed by atoms with Gasteiger partial charge in [0.2, 0.25) is 0 Å². The van der Waals surface area contributed by atoms with E-state index in [2.05, 4.69) is 14.8 Å². The Bertz CT molecular complexity index is 797. The van der Waals surface area contributed by atoms with Gasteiger partial charge in [-0.3, -0.25) is 0 Å². The molecule has 8 heteroatoms. The highest BCUT2D eigenvalue weighted by Crippen LogP contribution is 2.33. The number of hydrogen-bond donors (Lipinski definition) is 1. The van der Waals surface area contributed by atoms with E-state index in [1.165, 1.54) is 35.0 Å². The Balaban J connectivity index is 2.11. The number of benzene rings is 1. The summed E-state index contributed by atoms with van der Waals surface area (Å²) < 4.78 is 42.7. The van der Waals surface area contributed by atoms with Crippen LogP contribution >= 0.6 is 0 Å². The number of halogens is 3. The van der Waals surface area contributed by atoms with Crippen LogP contribution in [0.15, 0.2) is 42.7 Å². The monoisotopic (exact) mass is 294 g/mol. The molecule has 3 rings (SSSR count). The molecular formula is C13H9F3N4O. The van der Waals surface area contributed by atoms with Gasteiger partial charge in [0.05, 0.1) is 17.6 Å². The van der Waals surface area contributed by atoms with Crippen LogP contribution in [0.4, 0.5) is 18.9 Å². The predicted octanol–water partition coefficient (Wildman–Crippen LogP) is 2.88. The fourth-order valence-corrected chi connectivity index (χ4v) is 1.93. The summed E-state index contributed by atoms with van der Waals surface area (Å²) >= 11 is 0. The summed E-state index contributed by atoms with van der Waals surface area (Å²) in [5, 5.41) is 3.95. The summed E-state index contributed by atoms with van der Waals surface area (Å²) in [6, 6.07) is 7.32. The Kier molecular flexibility index (Phi) is 2.93. The zero-order valence-electron chi connectivity index (χ0n) is 10.5. The van der Waals surface area contributed by atoms with Gasteiger partial charge in [0.1, 0.15) is 5.75 Å². The molecule has 0 fully saturated rings. The molecule has 21 heavy (non-hydrogen) atoms. The Morgan fingerprint density at radius 1 is 1.14 bits per heavy atom. The van der Waals surface area contributed by atoms with Crippen LogP contribution in [0.3, 0.4) is 0 Å². The number of aromatic nitrogens is 3. The number of nitrogen functional groups attached to an aromatic ring is 1. The van der Waals surface area contributed by atoms with Gasteiger partial charge in [0.25, 0.3) is 0 Å². The second kappa shape index (κ2) is 4.65. The number of rotatable bonds is 2. The van der Waals surface area contributed by atoms with Crippen molar-refractivity contribution < 1.29 is 17.9 Å². The Morgan fingerprint density at radius 3 is 2.67 bits per heavy atom. The van der Waals surface area contributed by atoms with Gasteiger partial charge in [-0.25, -0.2) is 9.50 Å². The number of anilines is 1. The van der Waals surface area contributed by atoms with Gasteiger partial charge in [-0.1, -0.05) is 12.1 Å². The van der Waals surface area contributed by atoms with Crippen molar-refractivity contribution in [2.75, 3.05) is 5.73 Å². The van der Waals surface area contributed by atoms with E-state index < -0.39 is 6.36 Å². The highest BCUT2D eigenvalue weighted by atomic mass is 19.4. The van der Waals surface area contributed by atoms with Crippen molar-refractivity contribution in [1.82, 2.24) is 14.6 Å². The van der Waals surface area contributed by atoms with Crippen LogP contribution in [-0.4, -0.2) is 21.0 Å². The number of fused-ring (bicyclic) bond motifs is 1. The first-order valence-electron chi connectivity index (χ1n) is 5.89. The van der Waals surface area contributed by atoms with E-state index in [1.54, 1.807) is 12.3 Å². The third-order valence-electron chi connectivity index (χ3n) is 2.79. The van der Waals surface area contributed by atoms with Crippen LogP contribution in [0.2, 0.25) is 0 Å². The van der Waals surface area contributed by atoms with Gasteiger partial charge in [-0.05, 0) is 18.2 Å². The molecule has 0 unspecified atom stereocenters. The molecule has 0 atom stereocenters. The molecule has 0 aliphatic carbocycles. The second-order valence-electron chi connectivity index (χ2n) is 4.22. The predicted molar refractivity (Wildman–Crippen MR) is 69.5 cm³/mol. The molecule has 0 aliphatic rings. The smallest absolute Gasteiger partial charge is 0.405 e. The van der Waals surface area contributed by atoms with Crippen LogP contribution < -0.4 is 10.5 Å². The summed E-state index contributed by atoms with van der Waals surface area (Å²) in [6.45, 7) is 0. The summed E-state index contributed by atoms with van der Waals surface area (Å²) in [5.74, 6) is -0.320. The summed E-state index contributed by atoms with van der Waals surface area (Å²) in [7, 11) is 0. The third kappa shape index (κ3) is 2.60. The van der Waals surface area contributed by atoms with E-state index in [0.29, 0.717) is 17.0 Å². The molecule has 2 aromatic heterocycles. The molecule has 2 N–H and O–H groups in total. The van der Waals surface area contributed by atoms with Crippen molar-refractivity contribution in [3.05, 3.63) is 42.7 Å². The van der Waals surface area contributed by atoms with E-state index in [-0.39, 0.29) is 11.3 Å². The summed E-state index contributed by atoms with van der Waals surface area (Å²) in [6.07, 6.45) is -1.78. The van der Waals surface area contributed by atoms with E-state index in [4.69, 9.17) is 5.73 Å². The van der Waals surface area contributed by atoms with Crippen LogP contribution in [-0.2, 0) is 0 Å². The molecule has 0 saturated carbocycles. The molecule has 0 saturated heterocycles. The van der Waals surface area contributed by atoms with Crippen molar-refractivity contribution in [1.29, 1.82) is 0 Å². The minimum atomic E-state index is -4.77. The number of nitrogens with zero attached hydrogens (tertiary/aromatic N) is 3. The summed E-state index contributed by atoms with van der Waals surface area (Å²) in [5.41, 5.74) is 6.95. The first-order valence-corrected chi connectivity index (χ1v) is 5.89. The van der Waals surface area contributed by atoms with E-state index in [1.807, 2.05) is 0 Å². The van der Waals surface area contributed by atoms with Crippen LogP contribution in [0.5, 0.6) is 5.75 Å². The lowest BCUT2D eigenvalue weighted by Crippen LogP contribution is -2.17. The zero-order valence-corrected chi connectivity index (χ0v) is 10.5. The van der Waals surface area contributed by atoms with Crippen molar-refractivity contribution in [3.8, 4) is 17.0 Å². The highest BCUT2D eigenvalue weighted by Gasteiger charge is 2.32. The molecular weight excluding hydrogens is 285 g/mol. The largest absolute Gasteiger partial charge is 0.573 e. The van der Waals surface area contributed by atoms with Gasteiger partial charge in [0.15, 0.2) is 5.65 Å². The molecule has 0 radical (unpaired) electrons. The van der Waals surface area contributed by atoms with Gasteiger partial charge >= 0.3 is 6.36 Å². The molecule has 0 aliphatic heterocycles. The van der Waals surface area contributed by atoms with Crippen molar-refractivity contribution in [2.24, 2.45) is 0 Å². The topological polar surface area (TPSA) is 65.4 Å². The first-order chi connectivity index (χ1) is 9.94. The van der Waals surface area contributed by atoms with Crippen LogP contribution in [0.25, 0.3) is 16.9 Å². The van der Waals surface area contributed by atoms with Gasteiger partial charge in [0, 0.05) is 11.8 Å². The van der Waals surface area contributed by atoms with Gasteiger partial charge < -0.3 is 10.5 Å². The SMILES string of the molecule is Nc1cnn2ccc(-c3ccccc3OC(F)(F)F)nc12. The van der Waals surface area contributed by atoms with E-state index >= 15 is 0 Å². The average molecular weight is 294 g/mol. The lowest BCUT2D eigenvalue weighted by atomic mass is 10.1. The third-order valence-corrected chi connectivity index (χ3v) is 2.79.